The van der Waals surface area contributed by atoms with E-state index in [-0.39, 0.29) is 11.9 Å². The second-order valence-corrected chi connectivity index (χ2v) is 9.02. The van der Waals surface area contributed by atoms with Crippen LogP contribution in [0.2, 0.25) is 0 Å². The van der Waals surface area contributed by atoms with E-state index in [1.807, 2.05) is 34.4 Å². The Morgan fingerprint density at radius 1 is 1.09 bits per heavy atom. The highest BCUT2D eigenvalue weighted by Gasteiger charge is 2.27. The van der Waals surface area contributed by atoms with E-state index in [4.69, 9.17) is 20.2 Å². The summed E-state index contributed by atoms with van der Waals surface area (Å²) in [6.45, 7) is 9.97. The number of aryl methyl sites for hydroxylation is 3. The predicted molar refractivity (Wildman–Crippen MR) is 122 cm³/mol. The van der Waals surface area contributed by atoms with Gasteiger partial charge in [0.05, 0.1) is 35.9 Å². The summed E-state index contributed by atoms with van der Waals surface area (Å²) in [5, 5.41) is 9.48. The highest BCUT2D eigenvalue weighted by Crippen LogP contribution is 2.32. The van der Waals surface area contributed by atoms with Crippen LogP contribution in [-0.2, 0) is 31.5 Å². The summed E-state index contributed by atoms with van der Waals surface area (Å²) in [5.41, 5.74) is 9.01. The van der Waals surface area contributed by atoms with Crippen molar-refractivity contribution in [2.24, 2.45) is 12.0 Å². The van der Waals surface area contributed by atoms with Gasteiger partial charge in [-0.25, -0.2) is 0 Å². The molecule has 5 heterocycles. The average Bonchev–Trinajstić information content (AvgIpc) is 3.40. The smallest absolute Gasteiger partial charge is 0.223 e. The lowest BCUT2D eigenvalue weighted by atomic mass is 9.98. The van der Waals surface area contributed by atoms with Crippen molar-refractivity contribution in [2.45, 2.75) is 66.2 Å². The van der Waals surface area contributed by atoms with Crippen LogP contribution < -0.4 is 0 Å². The number of hydrogen-bond acceptors (Lipinski definition) is 5. The molecule has 166 valence electrons. The molecule has 0 atom stereocenters. The Hall–Kier alpha value is -3.29. The van der Waals surface area contributed by atoms with E-state index in [1.165, 1.54) is 0 Å². The van der Waals surface area contributed by atoms with Gasteiger partial charge in [0, 0.05) is 66.4 Å². The molecule has 5 rings (SSSR count). The molecule has 0 spiro atoms. The first kappa shape index (κ1) is 20.6. The zero-order valence-corrected chi connectivity index (χ0v) is 19.4. The lowest BCUT2D eigenvalue weighted by Gasteiger charge is -2.26. The molecular weight excluding hydrogens is 402 g/mol. The Kier molecular flexibility index (Phi) is 4.95. The van der Waals surface area contributed by atoms with Gasteiger partial charge in [-0.2, -0.15) is 10.2 Å². The highest BCUT2D eigenvalue weighted by molar-refractivity contribution is 6.15. The van der Waals surface area contributed by atoms with E-state index in [0.717, 1.165) is 57.2 Å². The van der Waals surface area contributed by atoms with E-state index in [1.54, 1.807) is 0 Å². The summed E-state index contributed by atoms with van der Waals surface area (Å²) >= 11 is 0. The van der Waals surface area contributed by atoms with Gasteiger partial charge in [-0.1, -0.05) is 0 Å². The first-order chi connectivity index (χ1) is 15.3. The third-order valence-electron chi connectivity index (χ3n) is 6.55. The molecule has 0 N–H and O–H groups in total. The Bertz CT molecular complexity index is 1250. The molecule has 0 saturated carbocycles. The number of aromatic nitrogens is 5. The van der Waals surface area contributed by atoms with Crippen molar-refractivity contribution in [1.82, 2.24) is 29.4 Å². The molecule has 8 heteroatoms. The molecule has 0 unspecified atom stereocenters. The molecule has 8 nitrogen and oxygen atoms in total. The van der Waals surface area contributed by atoms with Gasteiger partial charge < -0.3 is 4.90 Å². The molecule has 0 radical (unpaired) electrons. The number of aliphatic imine (C=N–C) groups is 1. The first-order valence-electron chi connectivity index (χ1n) is 11.2. The molecule has 4 bridgehead atoms. The SMILES string of the molecule is Cc1nn2cc1C1=NCc3ncc(cc31)-c1c(nn(C)c1C)CN(C(C)C)C(=O)CCC2. The molecule has 0 fully saturated rings. The van der Waals surface area contributed by atoms with E-state index >= 15 is 0 Å². The first-order valence-corrected chi connectivity index (χ1v) is 11.2. The van der Waals surface area contributed by atoms with Gasteiger partial charge in [0.2, 0.25) is 5.91 Å². The minimum atomic E-state index is 0.0868. The lowest BCUT2D eigenvalue weighted by Crippen LogP contribution is -2.36. The zero-order chi connectivity index (χ0) is 22.6. The fraction of sp³-hybridized carbons (Fsp3) is 0.458. The number of fused-ring (bicyclic) bond motifs is 6. The molecule has 0 aliphatic carbocycles. The van der Waals surface area contributed by atoms with Gasteiger partial charge >= 0.3 is 0 Å². The van der Waals surface area contributed by atoms with Crippen molar-refractivity contribution < 1.29 is 4.79 Å². The van der Waals surface area contributed by atoms with Gasteiger partial charge in [-0.3, -0.25) is 24.1 Å². The number of carbonyl (C=O) groups is 1. The molecule has 32 heavy (non-hydrogen) atoms. The summed E-state index contributed by atoms with van der Waals surface area (Å²) in [4.78, 5) is 24.6. The summed E-state index contributed by atoms with van der Waals surface area (Å²) in [6.07, 6.45) is 5.19. The highest BCUT2D eigenvalue weighted by atomic mass is 16.2. The minimum absolute atomic E-state index is 0.0868. The van der Waals surface area contributed by atoms with Crippen LogP contribution in [0.15, 0.2) is 23.5 Å². The molecule has 3 aromatic rings. The quantitative estimate of drug-likeness (QED) is 0.593. The topological polar surface area (TPSA) is 81.2 Å². The molecule has 0 saturated heterocycles. The average molecular weight is 432 g/mol. The van der Waals surface area contributed by atoms with Crippen LogP contribution >= 0.6 is 0 Å². The second-order valence-electron chi connectivity index (χ2n) is 9.02. The maximum Gasteiger partial charge on any atom is 0.223 e. The molecule has 2 aliphatic heterocycles. The predicted octanol–water partition coefficient (Wildman–Crippen LogP) is 3.18. The standard InChI is InChI=1S/C24H29N7O/c1-14(2)31-13-21-23(16(4)29(5)28-21)17-9-18-20(25-10-17)11-26-24(18)19-12-30(27-15(19)3)8-6-7-22(31)32/h9-10,12,14H,6-8,11,13H2,1-5H3. The number of hydrogen-bond donors (Lipinski definition) is 0. The molecular formula is C24H29N7O. The van der Waals surface area contributed by atoms with Crippen LogP contribution in [0.1, 0.15) is 60.6 Å². The van der Waals surface area contributed by atoms with E-state index in [0.29, 0.717) is 26.1 Å². The zero-order valence-electron chi connectivity index (χ0n) is 19.4. The van der Waals surface area contributed by atoms with Gasteiger partial charge in [0.1, 0.15) is 0 Å². The molecule has 3 aromatic heterocycles. The normalized spacial score (nSPS) is 16.1. The Balaban J connectivity index is 1.70. The summed E-state index contributed by atoms with van der Waals surface area (Å²) < 4.78 is 3.84. The fourth-order valence-corrected chi connectivity index (χ4v) is 4.71. The number of pyridine rings is 1. The molecule has 0 aromatic carbocycles. The van der Waals surface area contributed by atoms with Crippen LogP contribution in [0, 0.1) is 13.8 Å². The number of amides is 1. The monoisotopic (exact) mass is 431 g/mol. The summed E-state index contributed by atoms with van der Waals surface area (Å²) in [7, 11) is 1.95. The Labute approximate surface area is 188 Å². The van der Waals surface area contributed by atoms with Crippen LogP contribution in [-0.4, -0.2) is 47.1 Å². The van der Waals surface area contributed by atoms with Crippen molar-refractivity contribution in [3.05, 3.63) is 52.4 Å². The third kappa shape index (κ3) is 3.34. The minimum Gasteiger partial charge on any atom is -0.334 e. The van der Waals surface area contributed by atoms with E-state index in [2.05, 4.69) is 33.0 Å². The van der Waals surface area contributed by atoms with Crippen LogP contribution in [0.4, 0.5) is 0 Å². The number of rotatable bonds is 1. The second kappa shape index (κ2) is 7.69. The largest absolute Gasteiger partial charge is 0.334 e. The van der Waals surface area contributed by atoms with Crippen LogP contribution in [0.25, 0.3) is 11.1 Å². The third-order valence-corrected chi connectivity index (χ3v) is 6.55. The number of carbonyl (C=O) groups excluding carboxylic acids is 1. The van der Waals surface area contributed by atoms with Gasteiger partial charge in [-0.05, 0) is 40.2 Å². The van der Waals surface area contributed by atoms with Gasteiger partial charge in [-0.15, -0.1) is 0 Å². The summed E-state index contributed by atoms with van der Waals surface area (Å²) in [5.74, 6) is 0.144. The van der Waals surface area contributed by atoms with E-state index in [9.17, 15) is 4.79 Å². The van der Waals surface area contributed by atoms with Crippen molar-refractivity contribution in [3.8, 4) is 11.1 Å². The molecule has 2 aliphatic rings. The fourth-order valence-electron chi connectivity index (χ4n) is 4.71. The van der Waals surface area contributed by atoms with Crippen molar-refractivity contribution in [3.63, 3.8) is 0 Å². The summed E-state index contributed by atoms with van der Waals surface area (Å²) in [6, 6.07) is 2.27. The van der Waals surface area contributed by atoms with Crippen molar-refractivity contribution >= 4 is 11.6 Å². The van der Waals surface area contributed by atoms with E-state index < -0.39 is 0 Å². The van der Waals surface area contributed by atoms with Gasteiger partial charge in [0.15, 0.2) is 0 Å². The maximum absolute atomic E-state index is 13.1. The van der Waals surface area contributed by atoms with Crippen LogP contribution in [0.5, 0.6) is 0 Å². The lowest BCUT2D eigenvalue weighted by molar-refractivity contribution is -0.133. The maximum atomic E-state index is 13.1. The van der Waals surface area contributed by atoms with Crippen molar-refractivity contribution in [2.75, 3.05) is 0 Å². The van der Waals surface area contributed by atoms with Crippen LogP contribution in [0.3, 0.4) is 0 Å². The number of nitrogens with zero attached hydrogens (tertiary/aromatic N) is 7. The molecule has 1 amide bonds. The Morgan fingerprint density at radius 3 is 2.69 bits per heavy atom. The Morgan fingerprint density at radius 2 is 1.91 bits per heavy atom. The van der Waals surface area contributed by atoms with Crippen molar-refractivity contribution in [1.29, 1.82) is 0 Å². The van der Waals surface area contributed by atoms with Gasteiger partial charge in [0.25, 0.3) is 0 Å².